The van der Waals surface area contributed by atoms with Crippen molar-refractivity contribution in [2.45, 2.75) is 25.3 Å². The molecule has 0 saturated heterocycles. The smallest absolute Gasteiger partial charge is 0.325 e. The van der Waals surface area contributed by atoms with Gasteiger partial charge in [0.05, 0.1) is 0 Å². The average Bonchev–Trinajstić information content (AvgIpc) is 2.46. The molecule has 1 aliphatic heterocycles. The predicted octanol–water partition coefficient (Wildman–Crippen LogP) is 1.20. The monoisotopic (exact) mass is 276 g/mol. The van der Waals surface area contributed by atoms with Crippen molar-refractivity contribution in [1.29, 1.82) is 0 Å². The minimum Gasteiger partial charge on any atom is -0.480 e. The number of hydrogen-bond donors (Lipinski definition) is 2. The van der Waals surface area contributed by atoms with E-state index < -0.39 is 12.0 Å². The zero-order chi connectivity index (χ0) is 14.5. The molecule has 0 bridgehead atoms. The van der Waals surface area contributed by atoms with Gasteiger partial charge in [0.2, 0.25) is 5.91 Å². The van der Waals surface area contributed by atoms with Gasteiger partial charge in [-0.1, -0.05) is 24.3 Å². The molecular weight excluding hydrogens is 256 g/mol. The molecule has 0 aromatic heterocycles. The van der Waals surface area contributed by atoms with Crippen LogP contribution in [0.4, 0.5) is 0 Å². The number of nitrogens with zero attached hydrogens (tertiary/aromatic N) is 1. The summed E-state index contributed by atoms with van der Waals surface area (Å²) in [5, 5.41) is 12.1. The lowest BCUT2D eigenvalue weighted by atomic mass is 9.92. The van der Waals surface area contributed by atoms with Crippen LogP contribution < -0.4 is 5.32 Å². The third kappa shape index (κ3) is 3.17. The Morgan fingerprint density at radius 1 is 1.40 bits per heavy atom. The number of hydrogen-bond acceptors (Lipinski definition) is 3. The van der Waals surface area contributed by atoms with Gasteiger partial charge < -0.3 is 10.4 Å². The Morgan fingerprint density at radius 3 is 2.85 bits per heavy atom. The fourth-order valence-corrected chi connectivity index (χ4v) is 2.72. The molecular formula is C15H20N2O3. The van der Waals surface area contributed by atoms with Gasteiger partial charge in [0.25, 0.3) is 0 Å². The van der Waals surface area contributed by atoms with E-state index in [-0.39, 0.29) is 5.91 Å². The van der Waals surface area contributed by atoms with E-state index >= 15 is 0 Å². The van der Waals surface area contributed by atoms with Crippen molar-refractivity contribution in [1.82, 2.24) is 10.2 Å². The molecule has 20 heavy (non-hydrogen) atoms. The van der Waals surface area contributed by atoms with Crippen molar-refractivity contribution in [2.24, 2.45) is 0 Å². The molecule has 2 N–H and O–H groups in total. The summed E-state index contributed by atoms with van der Waals surface area (Å²) in [4.78, 5) is 24.7. The first kappa shape index (κ1) is 14.5. The first-order chi connectivity index (χ1) is 9.63. The summed E-state index contributed by atoms with van der Waals surface area (Å²) in [6, 6.07) is 7.11. The lowest BCUT2D eigenvalue weighted by molar-refractivity contribution is -0.144. The normalized spacial score (nSPS) is 18.4. The number of carboxylic acid groups (broad SMARTS) is 1. The van der Waals surface area contributed by atoms with E-state index in [4.69, 9.17) is 0 Å². The van der Waals surface area contributed by atoms with Gasteiger partial charge in [0.15, 0.2) is 0 Å². The molecule has 1 atom stereocenters. The average molecular weight is 276 g/mol. The van der Waals surface area contributed by atoms with Gasteiger partial charge in [-0.2, -0.15) is 0 Å². The third-order valence-electron chi connectivity index (χ3n) is 3.75. The van der Waals surface area contributed by atoms with E-state index in [2.05, 4.69) is 5.32 Å². The van der Waals surface area contributed by atoms with Crippen LogP contribution in [-0.2, 0) is 16.0 Å². The molecule has 1 aromatic rings. The van der Waals surface area contributed by atoms with Crippen LogP contribution in [-0.4, -0.2) is 42.0 Å². The van der Waals surface area contributed by atoms with Gasteiger partial charge in [-0.05, 0) is 30.5 Å². The number of carbonyl (C=O) groups excluding carboxylic acids is 1. The molecule has 1 aliphatic rings. The second-order valence-electron chi connectivity index (χ2n) is 5.00. The number of nitrogens with one attached hydrogen (secondary N) is 1. The maximum atomic E-state index is 11.6. The molecule has 0 aliphatic carbocycles. The van der Waals surface area contributed by atoms with Gasteiger partial charge in [0.1, 0.15) is 6.04 Å². The minimum absolute atomic E-state index is 0.00529. The zero-order valence-electron chi connectivity index (χ0n) is 11.6. The fourth-order valence-electron chi connectivity index (χ4n) is 2.72. The van der Waals surface area contributed by atoms with Gasteiger partial charge in [-0.3, -0.25) is 14.5 Å². The van der Waals surface area contributed by atoms with Gasteiger partial charge in [-0.15, -0.1) is 0 Å². The summed E-state index contributed by atoms with van der Waals surface area (Å²) >= 11 is 0. The Kier molecular flexibility index (Phi) is 4.74. The first-order valence-corrected chi connectivity index (χ1v) is 6.88. The molecule has 0 saturated carbocycles. The number of aliphatic carboxylic acids is 1. The number of rotatable bonds is 5. The maximum absolute atomic E-state index is 11.6. The molecule has 2 rings (SSSR count). The molecule has 1 unspecified atom stereocenters. The Hall–Kier alpha value is -1.88. The topological polar surface area (TPSA) is 69.6 Å². The van der Waals surface area contributed by atoms with Crippen molar-refractivity contribution in [3.63, 3.8) is 0 Å². The Balaban J connectivity index is 2.07. The molecule has 5 heteroatoms. The molecule has 1 amide bonds. The number of fused-ring (bicyclic) bond motifs is 1. The van der Waals surface area contributed by atoms with Crippen LogP contribution in [0.25, 0.3) is 0 Å². The third-order valence-corrected chi connectivity index (χ3v) is 3.75. The van der Waals surface area contributed by atoms with E-state index in [1.807, 2.05) is 29.2 Å². The number of carboxylic acids is 1. The molecule has 108 valence electrons. The van der Waals surface area contributed by atoms with E-state index in [1.54, 1.807) is 7.05 Å². The van der Waals surface area contributed by atoms with Crippen LogP contribution in [0.5, 0.6) is 0 Å². The van der Waals surface area contributed by atoms with Gasteiger partial charge >= 0.3 is 5.97 Å². The van der Waals surface area contributed by atoms with E-state index in [1.165, 1.54) is 0 Å². The molecule has 1 heterocycles. The summed E-state index contributed by atoms with van der Waals surface area (Å²) in [7, 11) is 1.61. The lowest BCUT2D eigenvalue weighted by Crippen LogP contribution is -2.40. The number of carbonyl (C=O) groups is 2. The Morgan fingerprint density at radius 2 is 2.15 bits per heavy atom. The largest absolute Gasteiger partial charge is 0.480 e. The zero-order valence-corrected chi connectivity index (χ0v) is 11.6. The number of amides is 1. The second-order valence-corrected chi connectivity index (χ2v) is 5.00. The summed E-state index contributed by atoms with van der Waals surface area (Å²) in [6.07, 6.45) is 1.96. The van der Waals surface area contributed by atoms with Crippen molar-refractivity contribution < 1.29 is 14.7 Å². The van der Waals surface area contributed by atoms with E-state index in [9.17, 15) is 14.7 Å². The SMILES string of the molecule is CNC(=O)CCCN1CCc2ccccc2C1C(=O)O. The van der Waals surface area contributed by atoms with Gasteiger partial charge in [-0.25, -0.2) is 0 Å². The van der Waals surface area contributed by atoms with Crippen LogP contribution in [0.15, 0.2) is 24.3 Å². The Labute approximate surface area is 118 Å². The second kappa shape index (κ2) is 6.52. The van der Waals surface area contributed by atoms with Crippen molar-refractivity contribution in [3.8, 4) is 0 Å². The molecule has 5 nitrogen and oxygen atoms in total. The van der Waals surface area contributed by atoms with Crippen molar-refractivity contribution >= 4 is 11.9 Å². The van der Waals surface area contributed by atoms with Crippen LogP contribution in [0, 0.1) is 0 Å². The molecule has 0 radical (unpaired) electrons. The highest BCUT2D eigenvalue weighted by Gasteiger charge is 2.32. The minimum atomic E-state index is -0.822. The van der Waals surface area contributed by atoms with E-state index in [0.29, 0.717) is 19.4 Å². The van der Waals surface area contributed by atoms with Crippen LogP contribution in [0.2, 0.25) is 0 Å². The summed E-state index contributed by atoms with van der Waals surface area (Å²) < 4.78 is 0. The Bertz CT molecular complexity index is 502. The van der Waals surface area contributed by atoms with Crippen LogP contribution >= 0.6 is 0 Å². The summed E-state index contributed by atoms with van der Waals surface area (Å²) in [6.45, 7) is 1.35. The van der Waals surface area contributed by atoms with E-state index in [0.717, 1.165) is 24.1 Å². The fraction of sp³-hybridized carbons (Fsp3) is 0.467. The summed E-state index contributed by atoms with van der Waals surface area (Å²) in [5.41, 5.74) is 1.99. The quantitative estimate of drug-likeness (QED) is 0.847. The number of benzene rings is 1. The first-order valence-electron chi connectivity index (χ1n) is 6.88. The highest BCUT2D eigenvalue weighted by atomic mass is 16.4. The lowest BCUT2D eigenvalue weighted by Gasteiger charge is -2.34. The van der Waals surface area contributed by atoms with Crippen LogP contribution in [0.1, 0.15) is 30.0 Å². The molecule has 1 aromatic carbocycles. The molecule has 0 spiro atoms. The van der Waals surface area contributed by atoms with Crippen LogP contribution in [0.3, 0.4) is 0 Å². The maximum Gasteiger partial charge on any atom is 0.325 e. The van der Waals surface area contributed by atoms with Crippen molar-refractivity contribution in [2.75, 3.05) is 20.1 Å². The van der Waals surface area contributed by atoms with Gasteiger partial charge in [0, 0.05) is 20.0 Å². The highest BCUT2D eigenvalue weighted by Crippen LogP contribution is 2.29. The highest BCUT2D eigenvalue weighted by molar-refractivity contribution is 5.77. The standard InChI is InChI=1S/C15H20N2O3/c1-16-13(18)7-4-9-17-10-8-11-5-2-3-6-12(11)14(17)15(19)20/h2-3,5-6,14H,4,7-10H2,1H3,(H,16,18)(H,19,20). The predicted molar refractivity (Wildman–Crippen MR) is 75.4 cm³/mol. The molecule has 0 fully saturated rings. The summed E-state index contributed by atoms with van der Waals surface area (Å²) in [5.74, 6) is -0.827. The van der Waals surface area contributed by atoms with Crippen molar-refractivity contribution in [3.05, 3.63) is 35.4 Å².